The molecule has 5 aromatic rings. The van der Waals surface area contributed by atoms with E-state index in [0.29, 0.717) is 42.1 Å². The summed E-state index contributed by atoms with van der Waals surface area (Å²) in [5, 5.41) is 11.5. The first-order valence-corrected chi connectivity index (χ1v) is 15.0. The molecule has 0 unspecified atom stereocenters. The number of benzene rings is 1. The Morgan fingerprint density at radius 2 is 1.46 bits per heavy atom. The van der Waals surface area contributed by atoms with Gasteiger partial charge in [-0.2, -0.15) is 5.10 Å². The number of pyridine rings is 2. The zero-order chi connectivity index (χ0) is 32.0. The molecule has 0 radical (unpaired) electrons. The lowest BCUT2D eigenvalue weighted by atomic mass is 10.1. The highest BCUT2D eigenvalue weighted by Gasteiger charge is 2.33. The molecule has 13 heteroatoms. The first-order valence-electron chi connectivity index (χ1n) is 15.0. The third-order valence-electron chi connectivity index (χ3n) is 7.43. The number of methoxy groups -OCH3 is 1. The van der Waals surface area contributed by atoms with Crippen LogP contribution in [0.1, 0.15) is 42.5 Å². The molecule has 0 saturated heterocycles. The van der Waals surface area contributed by atoms with E-state index >= 15 is 8.78 Å². The van der Waals surface area contributed by atoms with E-state index in [1.54, 1.807) is 43.5 Å². The summed E-state index contributed by atoms with van der Waals surface area (Å²) >= 11 is 0. The SMILES string of the molecule is CCOc1cc(F)c(Cn2nc(-c3nc(Nc4ccncc4)c(OCCOC)c(Nc4ccncc4)n3)c(C)c2C2CC2)c(F)c1. The summed E-state index contributed by atoms with van der Waals surface area (Å²) in [6, 6.07) is 9.64. The lowest BCUT2D eigenvalue weighted by Crippen LogP contribution is -2.11. The molecular weight excluding hydrogens is 594 g/mol. The van der Waals surface area contributed by atoms with Gasteiger partial charge < -0.3 is 24.8 Å². The molecule has 1 fully saturated rings. The molecule has 1 aliphatic rings. The van der Waals surface area contributed by atoms with Crippen molar-refractivity contribution in [3.63, 3.8) is 0 Å². The molecule has 1 aromatic carbocycles. The second-order valence-corrected chi connectivity index (χ2v) is 10.7. The largest absolute Gasteiger partial charge is 0.494 e. The molecular formula is C33H34F2N8O3. The molecule has 46 heavy (non-hydrogen) atoms. The molecule has 1 aliphatic carbocycles. The zero-order valence-corrected chi connectivity index (χ0v) is 25.8. The van der Waals surface area contributed by atoms with Crippen LogP contribution in [0.2, 0.25) is 0 Å². The summed E-state index contributed by atoms with van der Waals surface area (Å²) in [4.78, 5) is 18.0. The maximum absolute atomic E-state index is 15.2. The van der Waals surface area contributed by atoms with Gasteiger partial charge in [0.2, 0.25) is 5.75 Å². The van der Waals surface area contributed by atoms with Crippen molar-refractivity contribution in [1.29, 1.82) is 0 Å². The summed E-state index contributed by atoms with van der Waals surface area (Å²) < 4.78 is 48.7. The smallest absolute Gasteiger partial charge is 0.205 e. The minimum Gasteiger partial charge on any atom is -0.494 e. The highest BCUT2D eigenvalue weighted by atomic mass is 19.1. The third kappa shape index (κ3) is 6.89. The van der Waals surface area contributed by atoms with E-state index in [-0.39, 0.29) is 30.4 Å². The maximum atomic E-state index is 15.2. The Bertz CT molecular complexity index is 1710. The standard InChI is InChI=1S/C33H34F2N8O3/c1-4-45-24-17-26(34)25(27(35)18-24)19-43-29(21-5-6-21)20(2)28(42-43)31-40-32(38-22-7-11-36-12-8-22)30(46-16-15-44-3)33(41-31)39-23-9-13-37-14-10-23/h7-14,17-18,21H,4-6,15-16,19H2,1-3H3,(H2,36,37,38,39,40,41). The Labute approximate surface area is 265 Å². The van der Waals surface area contributed by atoms with Crippen LogP contribution in [-0.4, -0.2) is 56.6 Å². The van der Waals surface area contributed by atoms with Crippen molar-refractivity contribution in [2.45, 2.75) is 39.2 Å². The van der Waals surface area contributed by atoms with Crippen molar-refractivity contribution < 1.29 is 23.0 Å². The van der Waals surface area contributed by atoms with Crippen molar-refractivity contribution in [1.82, 2.24) is 29.7 Å². The number of ether oxygens (including phenoxy) is 3. The summed E-state index contributed by atoms with van der Waals surface area (Å²) in [5.74, 6) is 0.415. The number of anilines is 4. The van der Waals surface area contributed by atoms with Gasteiger partial charge in [-0.3, -0.25) is 14.6 Å². The highest BCUT2D eigenvalue weighted by Crippen LogP contribution is 2.44. The van der Waals surface area contributed by atoms with Gasteiger partial charge in [-0.15, -0.1) is 0 Å². The molecule has 11 nitrogen and oxygen atoms in total. The van der Waals surface area contributed by atoms with Gasteiger partial charge in [-0.25, -0.2) is 18.7 Å². The van der Waals surface area contributed by atoms with E-state index in [2.05, 4.69) is 20.6 Å². The van der Waals surface area contributed by atoms with Crippen molar-refractivity contribution in [2.24, 2.45) is 0 Å². The van der Waals surface area contributed by atoms with Crippen LogP contribution < -0.4 is 20.1 Å². The van der Waals surface area contributed by atoms with E-state index in [4.69, 9.17) is 29.3 Å². The Hall–Kier alpha value is -5.17. The average molecular weight is 629 g/mol. The highest BCUT2D eigenvalue weighted by molar-refractivity contribution is 5.76. The van der Waals surface area contributed by atoms with Crippen molar-refractivity contribution in [3.8, 4) is 23.0 Å². The number of hydrogen-bond acceptors (Lipinski definition) is 10. The minimum atomic E-state index is -0.693. The molecule has 238 valence electrons. The topological polar surface area (TPSA) is 121 Å². The predicted molar refractivity (Wildman–Crippen MR) is 169 cm³/mol. The molecule has 4 heterocycles. The summed E-state index contributed by atoms with van der Waals surface area (Å²) in [7, 11) is 1.59. The second kappa shape index (κ2) is 13.9. The molecule has 0 atom stereocenters. The van der Waals surface area contributed by atoms with E-state index in [1.165, 1.54) is 12.1 Å². The monoisotopic (exact) mass is 628 g/mol. The first-order chi connectivity index (χ1) is 22.4. The van der Waals surface area contributed by atoms with Crippen molar-refractivity contribution in [2.75, 3.05) is 37.6 Å². The fourth-order valence-electron chi connectivity index (χ4n) is 5.14. The van der Waals surface area contributed by atoms with Crippen LogP contribution in [0.4, 0.5) is 31.8 Å². The fraction of sp³-hybridized carbons (Fsp3) is 0.303. The third-order valence-corrected chi connectivity index (χ3v) is 7.43. The molecule has 1 saturated carbocycles. The zero-order valence-electron chi connectivity index (χ0n) is 25.8. The Morgan fingerprint density at radius 3 is 1.98 bits per heavy atom. The quantitative estimate of drug-likeness (QED) is 0.131. The maximum Gasteiger partial charge on any atom is 0.205 e. The second-order valence-electron chi connectivity index (χ2n) is 10.7. The Morgan fingerprint density at radius 1 is 0.870 bits per heavy atom. The van der Waals surface area contributed by atoms with Crippen LogP contribution in [0, 0.1) is 18.6 Å². The summed E-state index contributed by atoms with van der Waals surface area (Å²) in [6.07, 6.45) is 8.57. The lowest BCUT2D eigenvalue weighted by Gasteiger charge is -2.18. The predicted octanol–water partition coefficient (Wildman–Crippen LogP) is 6.55. The van der Waals surface area contributed by atoms with Gasteiger partial charge in [0.25, 0.3) is 0 Å². The number of nitrogens with one attached hydrogen (secondary N) is 2. The number of halogens is 2. The van der Waals surface area contributed by atoms with Gasteiger partial charge in [0.15, 0.2) is 17.5 Å². The van der Waals surface area contributed by atoms with Gasteiger partial charge in [0.05, 0.1) is 19.8 Å². The molecule has 6 rings (SSSR count). The van der Waals surface area contributed by atoms with E-state index in [1.807, 2.05) is 31.2 Å². The summed E-state index contributed by atoms with van der Waals surface area (Å²) in [5.41, 5.74) is 3.60. The average Bonchev–Trinajstić information content (AvgIpc) is 3.83. The van der Waals surface area contributed by atoms with E-state index in [9.17, 15) is 0 Å². The van der Waals surface area contributed by atoms with Gasteiger partial charge in [0.1, 0.15) is 29.7 Å². The molecule has 0 aliphatic heterocycles. The number of nitrogens with zero attached hydrogens (tertiary/aromatic N) is 6. The van der Waals surface area contributed by atoms with E-state index < -0.39 is 11.6 Å². The van der Waals surface area contributed by atoms with Crippen molar-refractivity contribution >= 4 is 23.0 Å². The van der Waals surface area contributed by atoms with Gasteiger partial charge in [-0.05, 0) is 51.0 Å². The number of hydrogen-bond donors (Lipinski definition) is 2. The Balaban J connectivity index is 1.46. The summed E-state index contributed by atoms with van der Waals surface area (Å²) in [6.45, 7) is 4.49. The number of rotatable bonds is 14. The molecule has 0 bridgehead atoms. The number of aromatic nitrogens is 6. The molecule has 0 spiro atoms. The van der Waals surface area contributed by atoms with Crippen LogP contribution in [0.15, 0.2) is 61.2 Å². The first kappa shape index (κ1) is 30.8. The van der Waals surface area contributed by atoms with Gasteiger partial charge in [0, 0.05) is 78.1 Å². The Kier molecular flexibility index (Phi) is 9.29. The minimum absolute atomic E-state index is 0.0951. The molecule has 4 aromatic heterocycles. The van der Waals surface area contributed by atoms with Crippen LogP contribution in [0.25, 0.3) is 11.5 Å². The van der Waals surface area contributed by atoms with E-state index in [0.717, 1.165) is 35.5 Å². The molecule has 2 N–H and O–H groups in total. The lowest BCUT2D eigenvalue weighted by molar-refractivity contribution is 0.147. The van der Waals surface area contributed by atoms with Gasteiger partial charge in [-0.1, -0.05) is 0 Å². The van der Waals surface area contributed by atoms with Crippen molar-refractivity contribution in [3.05, 3.63) is 89.6 Å². The van der Waals surface area contributed by atoms with Crippen LogP contribution >= 0.6 is 0 Å². The van der Waals surface area contributed by atoms with Gasteiger partial charge >= 0.3 is 0 Å². The normalized spacial score (nSPS) is 12.6. The van der Waals surface area contributed by atoms with Crippen LogP contribution in [0.5, 0.6) is 11.5 Å². The van der Waals surface area contributed by atoms with Crippen LogP contribution in [0.3, 0.4) is 0 Å². The molecule has 0 amide bonds. The van der Waals surface area contributed by atoms with Crippen LogP contribution in [-0.2, 0) is 11.3 Å². The fourth-order valence-corrected chi connectivity index (χ4v) is 5.14.